The lowest BCUT2D eigenvalue weighted by atomic mass is 9.90. The van der Waals surface area contributed by atoms with Crippen LogP contribution in [0.2, 0.25) is 0 Å². The highest BCUT2D eigenvalue weighted by Gasteiger charge is 2.28. The molecule has 1 aliphatic heterocycles. The first kappa shape index (κ1) is 15.8. The highest BCUT2D eigenvalue weighted by Crippen LogP contribution is 2.29. The van der Waals surface area contributed by atoms with Crippen LogP contribution in [0.4, 0.5) is 0 Å². The number of hydrogen-bond donors (Lipinski definition) is 1. The van der Waals surface area contributed by atoms with Crippen molar-refractivity contribution in [3.8, 4) is 5.75 Å². The smallest absolute Gasteiger partial charge is 0.200 e. The van der Waals surface area contributed by atoms with E-state index in [0.717, 1.165) is 0 Å². The molecule has 4 rings (SSSR count). The molecule has 1 atom stereocenters. The van der Waals surface area contributed by atoms with E-state index in [9.17, 15) is 14.7 Å². The van der Waals surface area contributed by atoms with Gasteiger partial charge in [-0.05, 0) is 30.7 Å². The van der Waals surface area contributed by atoms with Gasteiger partial charge in [0.25, 0.3) is 0 Å². The van der Waals surface area contributed by atoms with Crippen molar-refractivity contribution in [2.24, 2.45) is 0 Å². The number of hydrogen-bond acceptors (Lipinski definition) is 6. The van der Waals surface area contributed by atoms with Crippen molar-refractivity contribution in [2.75, 3.05) is 13.2 Å². The Morgan fingerprint density at radius 3 is 2.92 bits per heavy atom. The first-order chi connectivity index (χ1) is 12.1. The molecular weight excluding hydrogens is 322 g/mol. The second-order valence-corrected chi connectivity index (χ2v) is 6.23. The molecule has 1 fully saturated rings. The number of aliphatic hydroxyl groups is 1. The molecule has 1 N–H and O–H groups in total. The van der Waals surface area contributed by atoms with Crippen molar-refractivity contribution in [2.45, 2.75) is 25.4 Å². The van der Waals surface area contributed by atoms with Gasteiger partial charge in [-0.3, -0.25) is 14.6 Å². The van der Waals surface area contributed by atoms with Crippen molar-refractivity contribution in [3.05, 3.63) is 47.4 Å². The fraction of sp³-hybridized carbons (Fsp3) is 0.316. The van der Waals surface area contributed by atoms with Gasteiger partial charge in [0.15, 0.2) is 11.6 Å². The molecule has 6 nitrogen and oxygen atoms in total. The maximum absolute atomic E-state index is 12.7. The number of rotatable bonds is 5. The molecule has 1 aromatic heterocycles. The van der Waals surface area contributed by atoms with Crippen LogP contribution in [-0.2, 0) is 9.53 Å². The molecule has 2 aromatic rings. The van der Waals surface area contributed by atoms with E-state index in [1.807, 2.05) is 0 Å². The van der Waals surface area contributed by atoms with Gasteiger partial charge in [-0.25, -0.2) is 0 Å². The first-order valence-corrected chi connectivity index (χ1v) is 8.26. The van der Waals surface area contributed by atoms with Crippen LogP contribution in [0.25, 0.3) is 10.9 Å². The quantitative estimate of drug-likeness (QED) is 0.512. The molecule has 6 heteroatoms. The van der Waals surface area contributed by atoms with Crippen molar-refractivity contribution >= 4 is 22.5 Å². The number of pyridine rings is 1. The fourth-order valence-corrected chi connectivity index (χ4v) is 2.96. The largest absolute Gasteiger partial charge is 0.511 e. The zero-order valence-electron chi connectivity index (χ0n) is 13.5. The lowest BCUT2D eigenvalue weighted by molar-refractivity contribution is -0.116. The molecule has 1 saturated heterocycles. The molecule has 2 heterocycles. The Hall–Kier alpha value is -2.73. The van der Waals surface area contributed by atoms with Crippen LogP contribution in [0.3, 0.4) is 0 Å². The summed E-state index contributed by atoms with van der Waals surface area (Å²) in [7, 11) is 0. The average Bonchev–Trinajstić information content (AvgIpc) is 3.43. The lowest BCUT2D eigenvalue weighted by Gasteiger charge is -2.14. The highest BCUT2D eigenvalue weighted by atomic mass is 16.6. The molecule has 0 bridgehead atoms. The van der Waals surface area contributed by atoms with E-state index in [1.165, 1.54) is 0 Å². The molecule has 1 unspecified atom stereocenters. The number of aromatic nitrogens is 1. The first-order valence-electron chi connectivity index (χ1n) is 8.26. The third-order valence-corrected chi connectivity index (χ3v) is 4.40. The summed E-state index contributed by atoms with van der Waals surface area (Å²) in [4.78, 5) is 29.1. The van der Waals surface area contributed by atoms with Gasteiger partial charge >= 0.3 is 0 Å². The molecule has 0 radical (unpaired) electrons. The Labute approximate surface area is 144 Å². The van der Waals surface area contributed by atoms with E-state index in [-0.39, 0.29) is 29.6 Å². The Bertz CT molecular complexity index is 898. The Morgan fingerprint density at radius 1 is 1.32 bits per heavy atom. The van der Waals surface area contributed by atoms with Crippen molar-refractivity contribution in [1.82, 2.24) is 4.98 Å². The monoisotopic (exact) mass is 339 g/mol. The summed E-state index contributed by atoms with van der Waals surface area (Å²) in [5, 5.41) is 10.7. The van der Waals surface area contributed by atoms with Crippen molar-refractivity contribution in [3.63, 3.8) is 0 Å². The standard InChI is InChI=1S/C19H17NO5/c21-15-2-1-3-16(22)18(15)19(23)11-4-5-14-13(8-11)17(6-7-20-14)25-10-12-9-24-12/h4-8,12,21H,1-3,9-10H2. The van der Waals surface area contributed by atoms with Crippen LogP contribution in [0.5, 0.6) is 5.75 Å². The van der Waals surface area contributed by atoms with E-state index in [0.29, 0.717) is 48.3 Å². The van der Waals surface area contributed by atoms with E-state index in [4.69, 9.17) is 9.47 Å². The van der Waals surface area contributed by atoms with Gasteiger partial charge in [0.1, 0.15) is 29.8 Å². The molecule has 1 aliphatic carbocycles. The van der Waals surface area contributed by atoms with Crippen LogP contribution in [0, 0.1) is 0 Å². The van der Waals surface area contributed by atoms with Crippen molar-refractivity contribution in [1.29, 1.82) is 0 Å². The SMILES string of the molecule is O=C1CCCC(O)=C1C(=O)c1ccc2nccc(OCC3CO3)c2c1. The van der Waals surface area contributed by atoms with Gasteiger partial charge in [-0.2, -0.15) is 0 Å². The normalized spacial score (nSPS) is 20.0. The maximum atomic E-state index is 12.7. The third kappa shape index (κ3) is 3.13. The Kier molecular flexibility index (Phi) is 3.97. The molecule has 1 aromatic carbocycles. The number of epoxide rings is 1. The molecule has 0 spiro atoms. The molecule has 2 aliphatic rings. The van der Waals surface area contributed by atoms with Gasteiger partial charge in [-0.15, -0.1) is 0 Å². The summed E-state index contributed by atoms with van der Waals surface area (Å²) < 4.78 is 10.9. The Balaban J connectivity index is 1.71. The third-order valence-electron chi connectivity index (χ3n) is 4.40. The average molecular weight is 339 g/mol. The number of nitrogens with zero attached hydrogens (tertiary/aromatic N) is 1. The number of carbonyl (C=O) groups excluding carboxylic acids is 2. The predicted molar refractivity (Wildman–Crippen MR) is 89.8 cm³/mol. The van der Waals surface area contributed by atoms with Gasteiger partial charge in [0.2, 0.25) is 0 Å². The van der Waals surface area contributed by atoms with E-state index < -0.39 is 5.78 Å². The number of ether oxygens (including phenoxy) is 2. The summed E-state index contributed by atoms with van der Waals surface area (Å²) in [6, 6.07) is 6.74. The van der Waals surface area contributed by atoms with Gasteiger partial charge in [0.05, 0.1) is 12.1 Å². The zero-order chi connectivity index (χ0) is 17.4. The molecular formula is C19H17NO5. The molecule has 0 saturated carbocycles. The molecule has 0 amide bonds. The van der Waals surface area contributed by atoms with Crippen LogP contribution in [-0.4, -0.2) is 41.0 Å². The van der Waals surface area contributed by atoms with Gasteiger partial charge in [0, 0.05) is 30.0 Å². The minimum absolute atomic E-state index is 0.0941. The summed E-state index contributed by atoms with van der Waals surface area (Å²) in [6.45, 7) is 1.14. The van der Waals surface area contributed by atoms with E-state index in [2.05, 4.69) is 4.98 Å². The van der Waals surface area contributed by atoms with E-state index >= 15 is 0 Å². The van der Waals surface area contributed by atoms with Crippen LogP contribution in [0.1, 0.15) is 29.6 Å². The number of ketones is 2. The van der Waals surface area contributed by atoms with Crippen LogP contribution < -0.4 is 4.74 Å². The Morgan fingerprint density at radius 2 is 2.16 bits per heavy atom. The number of allylic oxidation sites excluding steroid dienone is 2. The van der Waals surface area contributed by atoms with Gasteiger partial charge < -0.3 is 14.6 Å². The van der Waals surface area contributed by atoms with E-state index in [1.54, 1.807) is 30.5 Å². The lowest BCUT2D eigenvalue weighted by Crippen LogP contribution is -2.19. The maximum Gasteiger partial charge on any atom is 0.200 e. The second kappa shape index (κ2) is 6.29. The number of carbonyl (C=O) groups is 2. The van der Waals surface area contributed by atoms with Crippen LogP contribution >= 0.6 is 0 Å². The fourth-order valence-electron chi connectivity index (χ4n) is 2.96. The zero-order valence-corrected chi connectivity index (χ0v) is 13.5. The van der Waals surface area contributed by atoms with Crippen molar-refractivity contribution < 1.29 is 24.2 Å². The minimum Gasteiger partial charge on any atom is -0.511 e. The number of fused-ring (bicyclic) bond motifs is 1. The van der Waals surface area contributed by atoms with Crippen LogP contribution in [0.15, 0.2) is 41.8 Å². The summed E-state index contributed by atoms with van der Waals surface area (Å²) >= 11 is 0. The topological polar surface area (TPSA) is 89.0 Å². The van der Waals surface area contributed by atoms with Gasteiger partial charge in [-0.1, -0.05) is 0 Å². The summed E-state index contributed by atoms with van der Waals surface area (Å²) in [5.41, 5.74) is 0.937. The summed E-state index contributed by atoms with van der Waals surface area (Å²) in [6.07, 6.45) is 2.99. The molecule has 25 heavy (non-hydrogen) atoms. The predicted octanol–water partition coefficient (Wildman–Crippen LogP) is 2.76. The number of benzene rings is 1. The minimum atomic E-state index is -0.454. The molecule has 128 valence electrons. The number of aliphatic hydroxyl groups excluding tert-OH is 1. The number of Topliss-reactive ketones (excluding diaryl/α,β-unsaturated/α-hetero) is 2. The second-order valence-electron chi connectivity index (χ2n) is 6.23. The highest BCUT2D eigenvalue weighted by molar-refractivity contribution is 6.27. The summed E-state index contributed by atoms with van der Waals surface area (Å²) in [5.74, 6) is -0.259.